The Hall–Kier alpha value is -4.94. The number of alkyl halides is 1. The van der Waals surface area contributed by atoms with E-state index in [4.69, 9.17) is 5.73 Å². The Labute approximate surface area is 253 Å². The van der Waals surface area contributed by atoms with E-state index in [9.17, 15) is 18.8 Å². The molecule has 3 amide bonds. The van der Waals surface area contributed by atoms with E-state index in [-0.39, 0.29) is 25.2 Å². The van der Waals surface area contributed by atoms with Gasteiger partial charge in [-0.25, -0.2) is 9.37 Å². The molecule has 2 fully saturated rings. The molecule has 2 aliphatic rings. The van der Waals surface area contributed by atoms with Crippen molar-refractivity contribution in [1.82, 2.24) is 29.9 Å². The van der Waals surface area contributed by atoms with Gasteiger partial charge in [0.2, 0.25) is 11.8 Å². The average Bonchev–Trinajstić information content (AvgIpc) is 3.59. The summed E-state index contributed by atoms with van der Waals surface area (Å²) in [6.07, 6.45) is 5.54. The summed E-state index contributed by atoms with van der Waals surface area (Å²) in [4.78, 5) is 47.2. The second-order valence-corrected chi connectivity index (χ2v) is 11.6. The molecule has 6 rings (SSSR count). The molecule has 0 spiro atoms. The molecule has 0 aliphatic carbocycles. The van der Waals surface area contributed by atoms with Crippen LogP contribution in [0.4, 0.5) is 15.9 Å². The maximum absolute atomic E-state index is 14.7. The van der Waals surface area contributed by atoms with E-state index in [1.807, 2.05) is 12.1 Å². The van der Waals surface area contributed by atoms with Crippen molar-refractivity contribution in [3.63, 3.8) is 0 Å². The molecular formula is C31H34FN9O3. The topological polar surface area (TPSA) is 152 Å². The molecule has 0 radical (unpaired) electrons. The van der Waals surface area contributed by atoms with Gasteiger partial charge in [0.05, 0.1) is 24.5 Å². The lowest BCUT2D eigenvalue weighted by Crippen LogP contribution is -2.44. The van der Waals surface area contributed by atoms with E-state index in [1.165, 1.54) is 9.58 Å². The number of benzene rings is 1. The Morgan fingerprint density at radius 2 is 1.91 bits per heavy atom. The molecule has 3 N–H and O–H groups in total. The summed E-state index contributed by atoms with van der Waals surface area (Å²) >= 11 is 0. The van der Waals surface area contributed by atoms with E-state index in [1.54, 1.807) is 42.9 Å². The van der Waals surface area contributed by atoms with Crippen molar-refractivity contribution < 1.29 is 18.8 Å². The first kappa shape index (κ1) is 29.1. The highest BCUT2D eigenvalue weighted by Crippen LogP contribution is 2.30. The number of nitrogens with two attached hydrogens (primary N) is 1. The van der Waals surface area contributed by atoms with Gasteiger partial charge in [-0.15, -0.1) is 0 Å². The number of rotatable bonds is 7. The number of amides is 3. The number of likely N-dealkylation sites (tertiary alicyclic amines) is 1. The summed E-state index contributed by atoms with van der Waals surface area (Å²) in [6.45, 7) is 4.75. The summed E-state index contributed by atoms with van der Waals surface area (Å²) in [7, 11) is 0. The minimum absolute atomic E-state index is 0.00153. The number of hydrogen-bond donors (Lipinski definition) is 2. The van der Waals surface area contributed by atoms with E-state index in [0.717, 1.165) is 36.3 Å². The first-order valence-corrected chi connectivity index (χ1v) is 14.7. The van der Waals surface area contributed by atoms with Crippen LogP contribution in [0, 0.1) is 5.92 Å². The summed E-state index contributed by atoms with van der Waals surface area (Å²) in [5.41, 5.74) is 8.20. The predicted octanol–water partition coefficient (Wildman–Crippen LogP) is 3.19. The summed E-state index contributed by atoms with van der Waals surface area (Å²) < 4.78 is 16.1. The number of halogens is 1. The lowest BCUT2D eigenvalue weighted by atomic mass is 9.92. The zero-order valence-electron chi connectivity index (χ0n) is 24.6. The number of aromatic nitrogens is 5. The number of pyridine rings is 1. The van der Waals surface area contributed by atoms with Crippen LogP contribution in [-0.2, 0) is 16.1 Å². The fraction of sp³-hybridized carbons (Fsp3) is 0.387. The average molecular weight is 600 g/mol. The van der Waals surface area contributed by atoms with Crippen molar-refractivity contribution in [3.05, 3.63) is 60.7 Å². The van der Waals surface area contributed by atoms with Gasteiger partial charge in [-0.05, 0) is 55.5 Å². The van der Waals surface area contributed by atoms with Crippen LogP contribution in [0.2, 0.25) is 0 Å². The van der Waals surface area contributed by atoms with Crippen molar-refractivity contribution in [3.8, 4) is 11.1 Å². The molecule has 0 bridgehead atoms. The Kier molecular flexibility index (Phi) is 7.93. The van der Waals surface area contributed by atoms with Crippen LogP contribution < -0.4 is 16.0 Å². The lowest BCUT2D eigenvalue weighted by molar-refractivity contribution is -0.137. The van der Waals surface area contributed by atoms with Crippen molar-refractivity contribution in [2.45, 2.75) is 57.9 Å². The highest BCUT2D eigenvalue weighted by Gasteiger charge is 2.40. The molecule has 2 saturated heterocycles. The second-order valence-electron chi connectivity index (χ2n) is 11.6. The molecular weight excluding hydrogens is 565 g/mol. The van der Waals surface area contributed by atoms with Gasteiger partial charge in [-0.2, -0.15) is 15.3 Å². The monoisotopic (exact) mass is 599 g/mol. The smallest absolute Gasteiger partial charge is 0.269 e. The maximum atomic E-state index is 14.7. The highest BCUT2D eigenvalue weighted by molar-refractivity contribution is 6.05. The SMILES string of the molecule is CC1CCCN(c2cc(NC(=O)C3CC(F)CN3C(=O)Cn3nc(C(N)=O)c4cc(-c5ccnnc5)ccc43)ccn2)C1C. The van der Waals surface area contributed by atoms with Crippen LogP contribution in [0.15, 0.2) is 55.0 Å². The molecule has 2 aliphatic heterocycles. The summed E-state index contributed by atoms with van der Waals surface area (Å²) in [5, 5.41) is 15.3. The number of nitrogens with zero attached hydrogens (tertiary/aromatic N) is 7. The van der Waals surface area contributed by atoms with Gasteiger partial charge in [0.1, 0.15) is 24.6 Å². The molecule has 4 unspecified atom stereocenters. The molecule has 0 saturated carbocycles. The Balaban J connectivity index is 1.20. The molecule has 3 aromatic heterocycles. The third-order valence-corrected chi connectivity index (χ3v) is 8.74. The van der Waals surface area contributed by atoms with Gasteiger partial charge < -0.3 is 20.9 Å². The normalized spacial score (nSPS) is 21.9. The van der Waals surface area contributed by atoms with Gasteiger partial charge in [-0.1, -0.05) is 13.0 Å². The minimum Gasteiger partial charge on any atom is -0.364 e. The molecule has 228 valence electrons. The van der Waals surface area contributed by atoms with E-state index < -0.39 is 29.9 Å². The standard InChI is InChI=1S/C31H34FN9O3/c1-18-4-3-11-39(19(18)2)27-14-23(8-9-34-27)37-31(44)26-13-22(32)16-40(26)28(42)17-41-25-6-5-20(21-7-10-35-36-15-21)12-24(25)29(38-41)30(33)43/h5-10,12,14-15,18-19,22,26H,3-4,11,13,16-17H2,1-2H3,(H2,33,43)(H,34,37,44). The van der Waals surface area contributed by atoms with Crippen LogP contribution >= 0.6 is 0 Å². The van der Waals surface area contributed by atoms with Gasteiger partial charge >= 0.3 is 0 Å². The molecule has 4 atom stereocenters. The van der Waals surface area contributed by atoms with E-state index >= 15 is 0 Å². The van der Waals surface area contributed by atoms with Gasteiger partial charge in [0, 0.05) is 47.9 Å². The molecule has 12 nitrogen and oxygen atoms in total. The molecule has 5 heterocycles. The van der Waals surface area contributed by atoms with Crippen LogP contribution in [-0.4, -0.2) is 78.9 Å². The fourth-order valence-corrected chi connectivity index (χ4v) is 6.19. The third-order valence-electron chi connectivity index (χ3n) is 8.74. The van der Waals surface area contributed by atoms with Crippen LogP contribution in [0.5, 0.6) is 0 Å². The zero-order valence-corrected chi connectivity index (χ0v) is 24.6. The number of carbonyl (C=O) groups excluding carboxylic acids is 3. The number of primary amides is 1. The number of anilines is 2. The van der Waals surface area contributed by atoms with Gasteiger partial charge in [0.15, 0.2) is 5.69 Å². The van der Waals surface area contributed by atoms with Crippen LogP contribution in [0.25, 0.3) is 22.0 Å². The first-order chi connectivity index (χ1) is 21.2. The van der Waals surface area contributed by atoms with Crippen molar-refractivity contribution in [1.29, 1.82) is 0 Å². The fourth-order valence-electron chi connectivity index (χ4n) is 6.19. The van der Waals surface area contributed by atoms with E-state index in [0.29, 0.717) is 28.6 Å². The number of carbonyl (C=O) groups is 3. The zero-order chi connectivity index (χ0) is 31.0. The first-order valence-electron chi connectivity index (χ1n) is 14.7. The largest absolute Gasteiger partial charge is 0.364 e. The molecule has 4 aromatic rings. The minimum atomic E-state index is -1.36. The lowest BCUT2D eigenvalue weighted by Gasteiger charge is -2.38. The number of hydrogen-bond acceptors (Lipinski definition) is 8. The van der Waals surface area contributed by atoms with E-state index in [2.05, 4.69) is 44.3 Å². The predicted molar refractivity (Wildman–Crippen MR) is 162 cm³/mol. The third kappa shape index (κ3) is 5.69. The second kappa shape index (κ2) is 12.0. The van der Waals surface area contributed by atoms with Crippen molar-refractivity contribution in [2.75, 3.05) is 23.3 Å². The number of nitrogens with one attached hydrogen (secondary N) is 1. The molecule has 13 heteroatoms. The quantitative estimate of drug-likeness (QED) is 0.329. The molecule has 44 heavy (non-hydrogen) atoms. The number of piperidine rings is 1. The van der Waals surface area contributed by atoms with Crippen LogP contribution in [0.1, 0.15) is 43.6 Å². The van der Waals surface area contributed by atoms with Crippen molar-refractivity contribution in [2.24, 2.45) is 11.7 Å². The summed E-state index contributed by atoms with van der Waals surface area (Å²) in [5.74, 6) is -0.438. The summed E-state index contributed by atoms with van der Waals surface area (Å²) in [6, 6.07) is 9.87. The van der Waals surface area contributed by atoms with Gasteiger partial charge in [-0.3, -0.25) is 19.1 Å². The number of fused-ring (bicyclic) bond motifs is 1. The van der Waals surface area contributed by atoms with Crippen molar-refractivity contribution >= 4 is 40.1 Å². The Bertz CT molecular complexity index is 1710. The Morgan fingerprint density at radius 3 is 2.68 bits per heavy atom. The Morgan fingerprint density at radius 1 is 1.07 bits per heavy atom. The maximum Gasteiger partial charge on any atom is 0.269 e. The highest BCUT2D eigenvalue weighted by atomic mass is 19.1. The molecule has 1 aromatic carbocycles. The van der Waals surface area contributed by atoms with Gasteiger partial charge in [0.25, 0.3) is 5.91 Å². The van der Waals surface area contributed by atoms with Crippen LogP contribution in [0.3, 0.4) is 0 Å².